The Morgan fingerprint density at radius 1 is 1.37 bits per heavy atom. The molecule has 1 aromatic heterocycles. The van der Waals surface area contributed by atoms with Crippen LogP contribution >= 0.6 is 0 Å². The number of rotatable bonds is 7. The van der Waals surface area contributed by atoms with Gasteiger partial charge in [0.15, 0.2) is 5.69 Å². The fourth-order valence-corrected chi connectivity index (χ4v) is 1.87. The molecule has 0 saturated carbocycles. The zero-order chi connectivity index (χ0) is 14.3. The topological polar surface area (TPSA) is 55.3 Å². The molecule has 0 radical (unpaired) electrons. The van der Waals surface area contributed by atoms with Gasteiger partial charge in [0.2, 0.25) is 0 Å². The van der Waals surface area contributed by atoms with Crippen molar-refractivity contribution in [1.29, 1.82) is 0 Å². The van der Waals surface area contributed by atoms with Crippen molar-refractivity contribution in [2.75, 3.05) is 18.6 Å². The van der Waals surface area contributed by atoms with Crippen LogP contribution in [0.1, 0.15) is 50.5 Å². The maximum absolute atomic E-state index is 11.5. The summed E-state index contributed by atoms with van der Waals surface area (Å²) in [5.74, 6) is 0.278. The van der Waals surface area contributed by atoms with Crippen LogP contribution in [0.5, 0.6) is 0 Å². The number of esters is 1. The number of carbonyl (C=O) groups excluding carboxylic acids is 1. The highest BCUT2D eigenvalue weighted by Gasteiger charge is 2.15. The number of aromatic nitrogens is 2. The highest BCUT2D eigenvalue weighted by molar-refractivity contribution is 5.87. The van der Waals surface area contributed by atoms with Crippen molar-refractivity contribution >= 4 is 11.8 Å². The molecule has 1 heterocycles. The molecular formula is C14H23N3O2. The van der Waals surface area contributed by atoms with Crippen LogP contribution in [-0.4, -0.2) is 35.6 Å². The van der Waals surface area contributed by atoms with E-state index in [1.165, 1.54) is 26.1 Å². The highest BCUT2D eigenvalue weighted by Crippen LogP contribution is 2.15. The van der Waals surface area contributed by atoms with Gasteiger partial charge in [0.1, 0.15) is 5.82 Å². The molecule has 0 aromatic carbocycles. The molecule has 0 N–H and O–H groups in total. The normalized spacial score (nSPS) is 10.6. The maximum Gasteiger partial charge on any atom is 0.358 e. The zero-order valence-corrected chi connectivity index (χ0v) is 12.2. The molecule has 1 rings (SSSR count). The highest BCUT2D eigenvalue weighted by atomic mass is 16.5. The monoisotopic (exact) mass is 265 g/mol. The minimum absolute atomic E-state index is 0.251. The van der Waals surface area contributed by atoms with Crippen LogP contribution in [0.4, 0.5) is 5.82 Å². The molecule has 0 aliphatic heterocycles. The molecular weight excluding hydrogens is 242 g/mol. The SMILES string of the molecule is CCCCCN(c1cncc(C(=O)OC)n1)C(C)C. The third kappa shape index (κ3) is 4.50. The Bertz CT molecular complexity index is 407. The Hall–Kier alpha value is -1.65. The van der Waals surface area contributed by atoms with Gasteiger partial charge in [0.25, 0.3) is 0 Å². The van der Waals surface area contributed by atoms with Crippen LogP contribution in [0, 0.1) is 0 Å². The van der Waals surface area contributed by atoms with Crippen molar-refractivity contribution in [3.05, 3.63) is 18.1 Å². The van der Waals surface area contributed by atoms with Crippen LogP contribution in [0.3, 0.4) is 0 Å². The predicted molar refractivity (Wildman–Crippen MR) is 75.4 cm³/mol. The second-order valence-electron chi connectivity index (χ2n) is 4.75. The second kappa shape index (κ2) is 7.71. The molecule has 5 heteroatoms. The lowest BCUT2D eigenvalue weighted by atomic mass is 10.2. The van der Waals surface area contributed by atoms with E-state index >= 15 is 0 Å². The zero-order valence-electron chi connectivity index (χ0n) is 12.2. The molecule has 0 amide bonds. The van der Waals surface area contributed by atoms with E-state index in [9.17, 15) is 4.79 Å². The Balaban J connectivity index is 2.86. The van der Waals surface area contributed by atoms with Crippen molar-refractivity contribution in [2.24, 2.45) is 0 Å². The molecule has 0 saturated heterocycles. The number of carbonyl (C=O) groups is 1. The fourth-order valence-electron chi connectivity index (χ4n) is 1.87. The quantitative estimate of drug-likeness (QED) is 0.560. The van der Waals surface area contributed by atoms with E-state index in [4.69, 9.17) is 0 Å². The first kappa shape index (κ1) is 15.4. The van der Waals surface area contributed by atoms with Gasteiger partial charge in [0.05, 0.1) is 19.5 Å². The lowest BCUT2D eigenvalue weighted by Crippen LogP contribution is -2.33. The van der Waals surface area contributed by atoms with Crippen molar-refractivity contribution in [3.8, 4) is 0 Å². The van der Waals surface area contributed by atoms with E-state index in [0.29, 0.717) is 6.04 Å². The average molecular weight is 265 g/mol. The summed E-state index contributed by atoms with van der Waals surface area (Å²) in [5, 5.41) is 0. The number of nitrogens with zero attached hydrogens (tertiary/aromatic N) is 3. The smallest absolute Gasteiger partial charge is 0.358 e. The third-order valence-corrected chi connectivity index (χ3v) is 2.94. The van der Waals surface area contributed by atoms with Crippen molar-refractivity contribution in [1.82, 2.24) is 9.97 Å². The average Bonchev–Trinajstić information content (AvgIpc) is 2.42. The maximum atomic E-state index is 11.5. The van der Waals surface area contributed by atoms with Crippen molar-refractivity contribution in [3.63, 3.8) is 0 Å². The van der Waals surface area contributed by atoms with Gasteiger partial charge in [0, 0.05) is 12.6 Å². The van der Waals surface area contributed by atoms with Gasteiger partial charge in [-0.25, -0.2) is 9.78 Å². The van der Waals surface area contributed by atoms with E-state index in [1.54, 1.807) is 6.20 Å². The summed E-state index contributed by atoms with van der Waals surface area (Å²) in [5.41, 5.74) is 0.251. The number of hydrogen-bond acceptors (Lipinski definition) is 5. The fraction of sp³-hybridized carbons (Fsp3) is 0.643. The van der Waals surface area contributed by atoms with E-state index in [0.717, 1.165) is 18.8 Å². The van der Waals surface area contributed by atoms with Crippen molar-refractivity contribution in [2.45, 2.75) is 46.1 Å². The van der Waals surface area contributed by atoms with Gasteiger partial charge >= 0.3 is 5.97 Å². The molecule has 0 atom stereocenters. The Morgan fingerprint density at radius 3 is 2.68 bits per heavy atom. The van der Waals surface area contributed by atoms with Crippen LogP contribution in [0.2, 0.25) is 0 Å². The van der Waals surface area contributed by atoms with Crippen LogP contribution in [0.15, 0.2) is 12.4 Å². The third-order valence-electron chi connectivity index (χ3n) is 2.94. The summed E-state index contributed by atoms with van der Waals surface area (Å²) in [6, 6.07) is 0.319. The summed E-state index contributed by atoms with van der Waals surface area (Å²) >= 11 is 0. The molecule has 1 aromatic rings. The molecule has 0 bridgehead atoms. The Labute approximate surface area is 115 Å². The molecule has 19 heavy (non-hydrogen) atoms. The van der Waals surface area contributed by atoms with Gasteiger partial charge in [-0.05, 0) is 20.3 Å². The van der Waals surface area contributed by atoms with Gasteiger partial charge in [-0.3, -0.25) is 4.98 Å². The van der Waals surface area contributed by atoms with Gasteiger partial charge < -0.3 is 9.64 Å². The first-order valence-electron chi connectivity index (χ1n) is 6.77. The molecule has 106 valence electrons. The standard InChI is InChI=1S/C14H23N3O2/c1-5-6-7-8-17(11(2)3)13-10-15-9-12(16-13)14(18)19-4/h9-11H,5-8H2,1-4H3. The van der Waals surface area contributed by atoms with Crippen LogP contribution < -0.4 is 4.90 Å². The summed E-state index contributed by atoms with van der Waals surface area (Å²) in [6.07, 6.45) is 6.60. The number of unbranched alkanes of at least 4 members (excludes halogenated alkanes) is 2. The van der Waals surface area contributed by atoms with E-state index in [-0.39, 0.29) is 5.69 Å². The molecule has 0 spiro atoms. The van der Waals surface area contributed by atoms with E-state index < -0.39 is 5.97 Å². The molecule has 0 unspecified atom stereocenters. The molecule has 0 aliphatic rings. The number of anilines is 1. The van der Waals surface area contributed by atoms with E-state index in [1.807, 2.05) is 0 Å². The Morgan fingerprint density at radius 2 is 2.11 bits per heavy atom. The minimum atomic E-state index is -0.452. The van der Waals surface area contributed by atoms with Crippen molar-refractivity contribution < 1.29 is 9.53 Å². The lowest BCUT2D eigenvalue weighted by molar-refractivity contribution is 0.0593. The van der Waals surface area contributed by atoms with Gasteiger partial charge in [-0.2, -0.15) is 0 Å². The molecule has 5 nitrogen and oxygen atoms in total. The lowest BCUT2D eigenvalue weighted by Gasteiger charge is -2.27. The van der Waals surface area contributed by atoms with Gasteiger partial charge in [-0.1, -0.05) is 19.8 Å². The first-order valence-corrected chi connectivity index (χ1v) is 6.77. The number of hydrogen-bond donors (Lipinski definition) is 0. The number of ether oxygens (including phenoxy) is 1. The first-order chi connectivity index (χ1) is 9.10. The van der Waals surface area contributed by atoms with Crippen LogP contribution in [-0.2, 0) is 4.74 Å². The summed E-state index contributed by atoms with van der Waals surface area (Å²) in [7, 11) is 1.35. The predicted octanol–water partition coefficient (Wildman–Crippen LogP) is 2.67. The van der Waals surface area contributed by atoms with Crippen LogP contribution in [0.25, 0.3) is 0 Å². The Kier molecular flexibility index (Phi) is 6.25. The minimum Gasteiger partial charge on any atom is -0.464 e. The largest absolute Gasteiger partial charge is 0.464 e. The second-order valence-corrected chi connectivity index (χ2v) is 4.75. The number of methoxy groups -OCH3 is 1. The molecule has 0 fully saturated rings. The van der Waals surface area contributed by atoms with E-state index in [2.05, 4.69) is 40.4 Å². The summed E-state index contributed by atoms with van der Waals surface area (Å²) < 4.78 is 4.67. The summed E-state index contributed by atoms with van der Waals surface area (Å²) in [6.45, 7) is 7.32. The van der Waals surface area contributed by atoms with Gasteiger partial charge in [-0.15, -0.1) is 0 Å². The molecule has 0 aliphatic carbocycles. The summed E-state index contributed by atoms with van der Waals surface area (Å²) in [4.78, 5) is 22.0.